The van der Waals surface area contributed by atoms with E-state index in [-0.39, 0.29) is 26.3 Å². The molecule has 0 aliphatic rings. The quantitative estimate of drug-likeness (QED) is 0.0907. The number of sulfonamides is 1. The molecule has 0 aliphatic heterocycles. The number of rotatable bonds is 17. The standard InChI is InChI=1S/C41H53N3O7SSi/c1-8-53(9-2,10-3)51-39(31-20-23-38(37(26-31)43-52(7,46)47)49-29-30-16-12-11-13-17-30)28-44(40(45)50-41(4,5)6)24-25-48-32-21-22-34-33-18-14-15-19-35(33)42-36(34)27-32/h11-23,26-27,39,42-43H,8-10,24-25,28-29H2,1-7H3. The van der Waals surface area contributed by atoms with Crippen molar-refractivity contribution in [1.82, 2.24) is 9.88 Å². The summed E-state index contributed by atoms with van der Waals surface area (Å²) in [6.07, 6.45) is 0.0349. The molecule has 284 valence electrons. The van der Waals surface area contributed by atoms with Crippen molar-refractivity contribution in [3.63, 3.8) is 0 Å². The second kappa shape index (κ2) is 17.1. The van der Waals surface area contributed by atoms with Crippen LogP contribution in [0.4, 0.5) is 10.5 Å². The third-order valence-electron chi connectivity index (χ3n) is 9.38. The van der Waals surface area contributed by atoms with Gasteiger partial charge in [-0.2, -0.15) is 0 Å². The maximum Gasteiger partial charge on any atom is 0.410 e. The fourth-order valence-electron chi connectivity index (χ4n) is 6.38. The van der Waals surface area contributed by atoms with Gasteiger partial charge in [-0.05, 0) is 80.4 Å². The minimum Gasteiger partial charge on any atom is -0.492 e. The molecule has 12 heteroatoms. The third kappa shape index (κ3) is 10.8. The largest absolute Gasteiger partial charge is 0.492 e. The first-order valence-electron chi connectivity index (χ1n) is 18.3. The van der Waals surface area contributed by atoms with Crippen LogP contribution in [0, 0.1) is 0 Å². The van der Waals surface area contributed by atoms with E-state index < -0.39 is 36.1 Å². The lowest BCUT2D eigenvalue weighted by Crippen LogP contribution is -2.45. The van der Waals surface area contributed by atoms with E-state index in [2.05, 4.69) is 36.5 Å². The van der Waals surface area contributed by atoms with Crippen molar-refractivity contribution >= 4 is 51.9 Å². The van der Waals surface area contributed by atoms with Gasteiger partial charge in [-0.15, -0.1) is 0 Å². The summed E-state index contributed by atoms with van der Waals surface area (Å²) in [4.78, 5) is 18.9. The third-order valence-corrected chi connectivity index (χ3v) is 14.6. The molecule has 4 aromatic carbocycles. The molecule has 1 aromatic heterocycles. The molecule has 1 amide bonds. The summed E-state index contributed by atoms with van der Waals surface area (Å²) in [7, 11) is -5.91. The van der Waals surface area contributed by atoms with Gasteiger partial charge < -0.3 is 28.5 Å². The Morgan fingerprint density at radius 3 is 2.21 bits per heavy atom. The van der Waals surface area contributed by atoms with Gasteiger partial charge in [-0.25, -0.2) is 13.2 Å². The van der Waals surface area contributed by atoms with Crippen LogP contribution in [0.2, 0.25) is 18.1 Å². The van der Waals surface area contributed by atoms with Gasteiger partial charge in [0.05, 0.1) is 36.7 Å². The zero-order chi connectivity index (χ0) is 38.2. The highest BCUT2D eigenvalue weighted by atomic mass is 32.2. The number of para-hydroxylation sites is 1. The van der Waals surface area contributed by atoms with Gasteiger partial charge in [0.2, 0.25) is 10.0 Å². The highest BCUT2D eigenvalue weighted by molar-refractivity contribution is 7.92. The SMILES string of the molecule is CC[Si](CC)(CC)OC(CN(CCOc1ccc2c(c1)[nH]c1ccccc12)C(=O)OC(C)(C)C)c1ccc(OCc2ccccc2)c(NS(C)(=O)=O)c1. The van der Waals surface area contributed by atoms with Gasteiger partial charge in [0, 0.05) is 22.4 Å². The van der Waals surface area contributed by atoms with Gasteiger partial charge in [0.15, 0.2) is 8.32 Å². The molecule has 5 aromatic rings. The first-order valence-corrected chi connectivity index (χ1v) is 22.7. The lowest BCUT2D eigenvalue weighted by molar-refractivity contribution is 0.0131. The molecule has 10 nitrogen and oxygen atoms in total. The molecule has 0 aliphatic carbocycles. The number of anilines is 1. The fraction of sp³-hybridized carbons (Fsp3) is 0.390. The van der Waals surface area contributed by atoms with Crippen LogP contribution in [0.1, 0.15) is 58.8 Å². The van der Waals surface area contributed by atoms with E-state index in [1.54, 1.807) is 17.0 Å². The van der Waals surface area contributed by atoms with Gasteiger partial charge in [0.1, 0.15) is 30.3 Å². The monoisotopic (exact) mass is 759 g/mol. The predicted octanol–water partition coefficient (Wildman–Crippen LogP) is 9.65. The number of carbonyl (C=O) groups is 1. The first-order chi connectivity index (χ1) is 25.2. The second-order valence-corrected chi connectivity index (χ2v) is 20.9. The molecule has 53 heavy (non-hydrogen) atoms. The number of nitrogens with one attached hydrogen (secondary N) is 2. The highest BCUT2D eigenvalue weighted by Crippen LogP contribution is 2.36. The number of hydrogen-bond donors (Lipinski definition) is 2. The number of ether oxygens (including phenoxy) is 3. The summed E-state index contributed by atoms with van der Waals surface area (Å²) in [5.41, 5.74) is 3.25. The molecule has 0 radical (unpaired) electrons. The maximum atomic E-state index is 13.8. The minimum atomic E-state index is -3.66. The number of hydrogen-bond acceptors (Lipinski definition) is 7. The number of nitrogens with zero attached hydrogens (tertiary/aromatic N) is 1. The van der Waals surface area contributed by atoms with E-state index in [1.165, 1.54) is 0 Å². The molecule has 1 heterocycles. The van der Waals surface area contributed by atoms with Crippen molar-refractivity contribution in [2.24, 2.45) is 0 Å². The van der Waals surface area contributed by atoms with Crippen molar-refractivity contribution in [3.05, 3.63) is 102 Å². The summed E-state index contributed by atoms with van der Waals surface area (Å²) in [5.74, 6) is 1.06. The topological polar surface area (TPSA) is 119 Å². The van der Waals surface area contributed by atoms with Gasteiger partial charge in [-0.3, -0.25) is 4.72 Å². The molecule has 0 spiro atoms. The smallest absolute Gasteiger partial charge is 0.410 e. The van der Waals surface area contributed by atoms with Crippen LogP contribution in [0.25, 0.3) is 21.8 Å². The number of H-pyrrole nitrogens is 1. The molecule has 0 fully saturated rings. The average Bonchev–Trinajstić information content (AvgIpc) is 3.49. The fourth-order valence-corrected chi connectivity index (χ4v) is 9.76. The molecular formula is C41H53N3O7SSi. The lowest BCUT2D eigenvalue weighted by Gasteiger charge is -2.36. The summed E-state index contributed by atoms with van der Waals surface area (Å²) in [5, 5.41) is 2.26. The Morgan fingerprint density at radius 1 is 0.849 bits per heavy atom. The number of aromatic nitrogens is 1. The first kappa shape index (κ1) is 39.7. The Bertz CT molecular complexity index is 2090. The molecule has 0 saturated heterocycles. The summed E-state index contributed by atoms with van der Waals surface area (Å²) in [6, 6.07) is 31.8. The van der Waals surface area contributed by atoms with E-state index in [0.717, 1.165) is 51.8 Å². The average molecular weight is 760 g/mol. The van der Waals surface area contributed by atoms with E-state index >= 15 is 0 Å². The Kier molecular flexibility index (Phi) is 12.8. The highest BCUT2D eigenvalue weighted by Gasteiger charge is 2.35. The van der Waals surface area contributed by atoms with Gasteiger partial charge in [0.25, 0.3) is 0 Å². The van der Waals surface area contributed by atoms with E-state index in [1.807, 2.05) is 93.6 Å². The number of carbonyl (C=O) groups excluding carboxylic acids is 1. The van der Waals surface area contributed by atoms with Crippen LogP contribution in [0.5, 0.6) is 11.5 Å². The summed E-state index contributed by atoms with van der Waals surface area (Å²) in [6.45, 7) is 12.8. The molecule has 0 bridgehead atoms. The van der Waals surface area contributed by atoms with Crippen molar-refractivity contribution in [2.45, 2.75) is 78.0 Å². The Hall–Kier alpha value is -4.52. The van der Waals surface area contributed by atoms with Gasteiger partial charge in [-0.1, -0.05) is 75.4 Å². The molecular weight excluding hydrogens is 707 g/mol. The Morgan fingerprint density at radius 2 is 1.53 bits per heavy atom. The molecule has 5 rings (SSSR count). The van der Waals surface area contributed by atoms with Crippen LogP contribution in [0.3, 0.4) is 0 Å². The second-order valence-electron chi connectivity index (χ2n) is 14.4. The Balaban J connectivity index is 1.44. The van der Waals surface area contributed by atoms with Crippen molar-refractivity contribution in [2.75, 3.05) is 30.7 Å². The number of benzene rings is 4. The van der Waals surface area contributed by atoms with Gasteiger partial charge >= 0.3 is 6.09 Å². The van der Waals surface area contributed by atoms with Crippen molar-refractivity contribution in [1.29, 1.82) is 0 Å². The minimum absolute atomic E-state index is 0.163. The molecule has 1 unspecified atom stereocenters. The van der Waals surface area contributed by atoms with Crippen LogP contribution in [-0.4, -0.2) is 64.3 Å². The van der Waals surface area contributed by atoms with E-state index in [0.29, 0.717) is 22.7 Å². The zero-order valence-corrected chi connectivity index (χ0v) is 33.7. The zero-order valence-electron chi connectivity index (χ0n) is 31.9. The van der Waals surface area contributed by atoms with Crippen LogP contribution >= 0.6 is 0 Å². The normalized spacial score (nSPS) is 12.8. The number of fused-ring (bicyclic) bond motifs is 3. The summed E-state index contributed by atoms with van der Waals surface area (Å²) >= 11 is 0. The van der Waals surface area contributed by atoms with E-state index in [9.17, 15) is 13.2 Å². The van der Waals surface area contributed by atoms with Crippen LogP contribution in [-0.2, 0) is 25.8 Å². The molecule has 2 N–H and O–H groups in total. The molecule has 0 saturated carbocycles. The Labute approximate surface area is 315 Å². The van der Waals surface area contributed by atoms with Crippen molar-refractivity contribution in [3.8, 4) is 11.5 Å². The van der Waals surface area contributed by atoms with Crippen LogP contribution in [0.15, 0.2) is 91.0 Å². The number of amides is 1. The maximum absolute atomic E-state index is 13.8. The predicted molar refractivity (Wildman–Crippen MR) is 216 cm³/mol. The van der Waals surface area contributed by atoms with E-state index in [4.69, 9.17) is 18.6 Å². The molecule has 1 atom stereocenters. The number of aromatic amines is 1. The van der Waals surface area contributed by atoms with Crippen LogP contribution < -0.4 is 14.2 Å². The summed E-state index contributed by atoms with van der Waals surface area (Å²) < 4.78 is 53.1. The van der Waals surface area contributed by atoms with Crippen molar-refractivity contribution < 1.29 is 31.8 Å². The lowest BCUT2D eigenvalue weighted by atomic mass is 10.1.